The number of halogens is 2. The van der Waals surface area contributed by atoms with Crippen molar-refractivity contribution in [2.75, 3.05) is 25.0 Å². The highest BCUT2D eigenvalue weighted by atomic mass is 79.9. The molecule has 3 rings (SSSR count). The molecule has 0 spiro atoms. The van der Waals surface area contributed by atoms with Gasteiger partial charge in [-0.15, -0.1) is 11.3 Å². The van der Waals surface area contributed by atoms with E-state index in [-0.39, 0.29) is 12.5 Å². The molecule has 8 heteroatoms. The minimum atomic E-state index is -0.253. The van der Waals surface area contributed by atoms with Crippen molar-refractivity contribution in [3.63, 3.8) is 0 Å². The smallest absolute Gasteiger partial charge is 0.264 e. The number of benzene rings is 1. The van der Waals surface area contributed by atoms with E-state index in [2.05, 4.69) is 38.1 Å². The Balaban J connectivity index is 1.46. The highest BCUT2D eigenvalue weighted by Gasteiger charge is 2.17. The van der Waals surface area contributed by atoms with Crippen LogP contribution in [0.4, 0.5) is 5.13 Å². The van der Waals surface area contributed by atoms with Gasteiger partial charge in [0.2, 0.25) is 0 Å². The third-order valence-electron chi connectivity index (χ3n) is 4.31. The predicted molar refractivity (Wildman–Crippen MR) is 109 cm³/mol. The molecule has 0 saturated carbocycles. The summed E-state index contributed by atoms with van der Waals surface area (Å²) in [5, 5.41) is 5.84. The number of anilines is 1. The zero-order chi connectivity index (χ0) is 18.5. The van der Waals surface area contributed by atoms with E-state index in [9.17, 15) is 4.79 Å². The van der Waals surface area contributed by atoms with E-state index < -0.39 is 0 Å². The lowest BCUT2D eigenvalue weighted by Crippen LogP contribution is -2.32. The van der Waals surface area contributed by atoms with Crippen LogP contribution in [0.15, 0.2) is 28.1 Å². The van der Waals surface area contributed by atoms with E-state index in [4.69, 9.17) is 16.3 Å². The van der Waals surface area contributed by atoms with Crippen LogP contribution in [0.25, 0.3) is 0 Å². The number of ether oxygens (including phenoxy) is 1. The Hall–Kier alpha value is -1.15. The van der Waals surface area contributed by atoms with E-state index in [1.54, 1.807) is 12.1 Å². The van der Waals surface area contributed by atoms with Gasteiger partial charge in [0, 0.05) is 16.4 Å². The molecule has 1 amide bonds. The van der Waals surface area contributed by atoms with E-state index in [1.165, 1.54) is 24.2 Å². The van der Waals surface area contributed by atoms with Gasteiger partial charge in [0.1, 0.15) is 5.75 Å². The number of nitrogens with one attached hydrogen (secondary N) is 1. The fourth-order valence-corrected chi connectivity index (χ4v) is 4.22. The van der Waals surface area contributed by atoms with Crippen molar-refractivity contribution in [1.29, 1.82) is 0 Å². The summed E-state index contributed by atoms with van der Waals surface area (Å²) in [7, 11) is 0. The second kappa shape index (κ2) is 9.17. The van der Waals surface area contributed by atoms with Crippen molar-refractivity contribution >= 4 is 49.9 Å². The fourth-order valence-electron chi connectivity index (χ4n) is 2.78. The summed E-state index contributed by atoms with van der Waals surface area (Å²) in [4.78, 5) is 19.0. The summed E-state index contributed by atoms with van der Waals surface area (Å²) in [6.45, 7) is 5.26. The first-order valence-corrected chi connectivity index (χ1v) is 10.6. The summed E-state index contributed by atoms with van der Waals surface area (Å²) in [5.74, 6) is 1.04. The van der Waals surface area contributed by atoms with Gasteiger partial charge in [0.15, 0.2) is 11.7 Å². The molecule has 2 heterocycles. The SMILES string of the molecule is CC1CCN(Cc2csc(NC(=O)COc3ccc(Br)cc3Cl)n2)CC1. The molecular weight excluding hydrogens is 438 g/mol. The van der Waals surface area contributed by atoms with Crippen LogP contribution >= 0.6 is 38.9 Å². The molecule has 0 atom stereocenters. The monoisotopic (exact) mass is 457 g/mol. The fraction of sp³-hybridized carbons (Fsp3) is 0.444. The zero-order valence-corrected chi connectivity index (χ0v) is 17.7. The third kappa shape index (κ3) is 5.67. The van der Waals surface area contributed by atoms with Gasteiger partial charge in [0.25, 0.3) is 5.91 Å². The van der Waals surface area contributed by atoms with Crippen molar-refractivity contribution in [3.05, 3.63) is 38.8 Å². The topological polar surface area (TPSA) is 54.5 Å². The van der Waals surface area contributed by atoms with Gasteiger partial charge in [-0.3, -0.25) is 15.0 Å². The Bertz CT molecular complexity index is 763. The Morgan fingerprint density at radius 2 is 2.23 bits per heavy atom. The van der Waals surface area contributed by atoms with E-state index in [0.717, 1.165) is 35.7 Å². The number of aromatic nitrogens is 1. The van der Waals surface area contributed by atoms with Crippen LogP contribution in [0.1, 0.15) is 25.5 Å². The molecule has 0 aliphatic carbocycles. The first-order valence-electron chi connectivity index (χ1n) is 8.54. The number of thiazole rings is 1. The van der Waals surface area contributed by atoms with Gasteiger partial charge in [-0.2, -0.15) is 0 Å². The molecule has 26 heavy (non-hydrogen) atoms. The summed E-state index contributed by atoms with van der Waals surface area (Å²) in [5.41, 5.74) is 0.997. The number of rotatable bonds is 6. The minimum Gasteiger partial charge on any atom is -0.482 e. The van der Waals surface area contributed by atoms with Crippen LogP contribution < -0.4 is 10.1 Å². The van der Waals surface area contributed by atoms with E-state index in [0.29, 0.717) is 15.9 Å². The van der Waals surface area contributed by atoms with Crippen molar-refractivity contribution in [3.8, 4) is 5.75 Å². The molecule has 1 N–H and O–H groups in total. The maximum absolute atomic E-state index is 12.1. The quantitative estimate of drug-likeness (QED) is 0.675. The Morgan fingerprint density at radius 1 is 1.46 bits per heavy atom. The minimum absolute atomic E-state index is 0.111. The standard InChI is InChI=1S/C18H21BrClN3O2S/c1-12-4-6-23(7-5-12)9-14-11-26-18(21-14)22-17(24)10-25-16-3-2-13(19)8-15(16)20/h2-3,8,11-12H,4-7,9-10H2,1H3,(H,21,22,24). The zero-order valence-electron chi connectivity index (χ0n) is 14.5. The van der Waals surface area contributed by atoms with Crippen molar-refractivity contribution in [2.45, 2.75) is 26.3 Å². The lowest BCUT2D eigenvalue weighted by Gasteiger charge is -2.29. The van der Waals surface area contributed by atoms with E-state index in [1.807, 2.05) is 11.4 Å². The number of hydrogen-bond acceptors (Lipinski definition) is 5. The molecule has 1 aromatic heterocycles. The number of carbonyl (C=O) groups is 1. The van der Waals surface area contributed by atoms with E-state index >= 15 is 0 Å². The number of hydrogen-bond donors (Lipinski definition) is 1. The second-order valence-electron chi connectivity index (χ2n) is 6.51. The molecular formula is C18H21BrClN3O2S. The maximum Gasteiger partial charge on any atom is 0.264 e. The molecule has 1 saturated heterocycles. The van der Waals surface area contributed by atoms with Crippen molar-refractivity contribution < 1.29 is 9.53 Å². The van der Waals surface area contributed by atoms with Gasteiger partial charge in [-0.1, -0.05) is 34.5 Å². The van der Waals surface area contributed by atoms with Gasteiger partial charge in [-0.25, -0.2) is 4.98 Å². The Kier molecular flexibility index (Phi) is 6.92. The molecule has 0 radical (unpaired) electrons. The molecule has 5 nitrogen and oxygen atoms in total. The van der Waals surface area contributed by atoms with Crippen molar-refractivity contribution in [2.24, 2.45) is 5.92 Å². The summed E-state index contributed by atoms with van der Waals surface area (Å²) < 4.78 is 6.33. The number of nitrogens with zero attached hydrogens (tertiary/aromatic N) is 2. The first-order chi connectivity index (χ1) is 12.5. The van der Waals surface area contributed by atoms with Gasteiger partial charge >= 0.3 is 0 Å². The van der Waals surface area contributed by atoms with Crippen LogP contribution in [0.2, 0.25) is 5.02 Å². The van der Waals surface area contributed by atoms with Crippen LogP contribution in [0.5, 0.6) is 5.75 Å². The number of piperidine rings is 1. The number of likely N-dealkylation sites (tertiary alicyclic amines) is 1. The van der Waals surface area contributed by atoms with Crippen LogP contribution in [-0.4, -0.2) is 35.5 Å². The summed E-state index contributed by atoms with van der Waals surface area (Å²) >= 11 is 10.8. The molecule has 1 aliphatic rings. The Labute approximate surface area is 170 Å². The molecule has 0 unspecified atom stereocenters. The predicted octanol–water partition coefficient (Wildman–Crippen LogP) is 4.81. The Morgan fingerprint density at radius 3 is 2.96 bits per heavy atom. The lowest BCUT2D eigenvalue weighted by molar-refractivity contribution is -0.118. The van der Waals surface area contributed by atoms with Crippen molar-refractivity contribution in [1.82, 2.24) is 9.88 Å². The van der Waals surface area contributed by atoms with Crippen LogP contribution in [0.3, 0.4) is 0 Å². The highest BCUT2D eigenvalue weighted by Crippen LogP contribution is 2.27. The molecule has 1 aliphatic heterocycles. The number of carbonyl (C=O) groups excluding carboxylic acids is 1. The summed E-state index contributed by atoms with van der Waals surface area (Å²) in [6.07, 6.45) is 2.48. The van der Waals surface area contributed by atoms with Crippen LogP contribution in [0, 0.1) is 5.92 Å². The largest absolute Gasteiger partial charge is 0.482 e. The second-order valence-corrected chi connectivity index (χ2v) is 8.70. The molecule has 1 aromatic carbocycles. The van der Waals surface area contributed by atoms with Gasteiger partial charge in [0.05, 0.1) is 10.7 Å². The van der Waals surface area contributed by atoms with Crippen LogP contribution in [-0.2, 0) is 11.3 Å². The lowest BCUT2D eigenvalue weighted by atomic mass is 9.99. The molecule has 140 valence electrons. The number of amides is 1. The molecule has 2 aromatic rings. The average Bonchev–Trinajstić information content (AvgIpc) is 3.03. The maximum atomic E-state index is 12.1. The van der Waals surface area contributed by atoms with Gasteiger partial charge in [-0.05, 0) is 50.0 Å². The summed E-state index contributed by atoms with van der Waals surface area (Å²) in [6, 6.07) is 5.26. The average molecular weight is 459 g/mol. The normalized spacial score (nSPS) is 15.8. The van der Waals surface area contributed by atoms with Gasteiger partial charge < -0.3 is 4.74 Å². The molecule has 0 bridgehead atoms. The molecule has 1 fully saturated rings. The third-order valence-corrected chi connectivity index (χ3v) is 5.91. The first kappa shape index (κ1) is 19.6. The highest BCUT2D eigenvalue weighted by molar-refractivity contribution is 9.10.